The van der Waals surface area contributed by atoms with Gasteiger partial charge in [-0.2, -0.15) is 0 Å². The molecule has 0 fully saturated rings. The first-order valence-electron chi connectivity index (χ1n) is 10.1. The molecule has 1 aliphatic heterocycles. The van der Waals surface area contributed by atoms with Crippen molar-refractivity contribution in [2.75, 3.05) is 20.2 Å². The molecule has 0 radical (unpaired) electrons. The first-order valence-corrected chi connectivity index (χ1v) is 10.1. The van der Waals surface area contributed by atoms with Crippen molar-refractivity contribution in [1.29, 1.82) is 0 Å². The predicted molar refractivity (Wildman–Crippen MR) is 110 cm³/mol. The van der Waals surface area contributed by atoms with Crippen LogP contribution >= 0.6 is 0 Å². The van der Waals surface area contributed by atoms with Crippen LogP contribution in [0.5, 0.6) is 5.75 Å². The van der Waals surface area contributed by atoms with Crippen molar-refractivity contribution in [2.24, 2.45) is 0 Å². The number of nitrogens with one attached hydrogen (secondary N) is 1. The Hall–Kier alpha value is -3.23. The van der Waals surface area contributed by atoms with Crippen molar-refractivity contribution in [1.82, 2.24) is 14.8 Å². The lowest BCUT2D eigenvalue weighted by Gasteiger charge is -2.25. The minimum Gasteiger partial charge on any atom is -0.491 e. The molecule has 9 heteroatoms. The number of pyridine rings is 1. The Balaban J connectivity index is 1.97. The normalized spacial score (nSPS) is 14.8. The molecule has 0 spiro atoms. The molecule has 0 aliphatic carbocycles. The molecular formula is C22H25F2N3O4. The molecule has 1 aromatic heterocycles. The number of halogens is 2. The van der Waals surface area contributed by atoms with Crippen LogP contribution in [0.2, 0.25) is 0 Å². The Morgan fingerprint density at radius 1 is 1.39 bits per heavy atom. The average Bonchev–Trinajstić information content (AvgIpc) is 3.15. The van der Waals surface area contributed by atoms with E-state index < -0.39 is 23.0 Å². The SMILES string of the molecule is CCN(C=O)CC1CCc2c(C(=O)NCc3ccc(F)cc3F)c(=O)c(OC)c(C)n21. The molecule has 0 bridgehead atoms. The van der Waals surface area contributed by atoms with E-state index >= 15 is 0 Å². The molecule has 3 rings (SSSR count). The summed E-state index contributed by atoms with van der Waals surface area (Å²) in [5.41, 5.74) is 0.668. The van der Waals surface area contributed by atoms with Crippen molar-refractivity contribution in [3.8, 4) is 5.75 Å². The van der Waals surface area contributed by atoms with Gasteiger partial charge >= 0.3 is 0 Å². The second-order valence-corrected chi connectivity index (χ2v) is 7.44. The maximum atomic E-state index is 13.9. The molecule has 0 saturated heterocycles. The summed E-state index contributed by atoms with van der Waals surface area (Å²) in [4.78, 5) is 38.8. The molecule has 2 aromatic rings. The third-order valence-electron chi connectivity index (χ3n) is 5.67. The number of nitrogens with zero attached hydrogens (tertiary/aromatic N) is 2. The van der Waals surface area contributed by atoms with Gasteiger partial charge in [0.25, 0.3) is 5.91 Å². The van der Waals surface area contributed by atoms with Gasteiger partial charge in [-0.05, 0) is 32.8 Å². The highest BCUT2D eigenvalue weighted by molar-refractivity contribution is 5.95. The van der Waals surface area contributed by atoms with Crippen LogP contribution in [0.25, 0.3) is 0 Å². The van der Waals surface area contributed by atoms with Gasteiger partial charge in [-0.25, -0.2) is 8.78 Å². The molecule has 1 aromatic carbocycles. The Morgan fingerprint density at radius 2 is 2.13 bits per heavy atom. The van der Waals surface area contributed by atoms with E-state index in [2.05, 4.69) is 5.32 Å². The van der Waals surface area contributed by atoms with Gasteiger partial charge in [0.15, 0.2) is 5.75 Å². The zero-order valence-electron chi connectivity index (χ0n) is 17.7. The first-order chi connectivity index (χ1) is 14.8. The molecule has 1 aliphatic rings. The fourth-order valence-electron chi connectivity index (χ4n) is 4.11. The minimum atomic E-state index is -0.780. The largest absolute Gasteiger partial charge is 0.491 e. The molecule has 0 saturated carbocycles. The second-order valence-electron chi connectivity index (χ2n) is 7.44. The number of fused-ring (bicyclic) bond motifs is 1. The number of hydrogen-bond donors (Lipinski definition) is 1. The lowest BCUT2D eigenvalue weighted by Crippen LogP contribution is -2.34. The molecule has 1 unspecified atom stereocenters. The highest BCUT2D eigenvalue weighted by Gasteiger charge is 2.33. The summed E-state index contributed by atoms with van der Waals surface area (Å²) in [5.74, 6) is -2.09. The van der Waals surface area contributed by atoms with Gasteiger partial charge in [-0.3, -0.25) is 14.4 Å². The van der Waals surface area contributed by atoms with Crippen LogP contribution < -0.4 is 15.5 Å². The zero-order valence-corrected chi connectivity index (χ0v) is 17.7. The number of benzene rings is 1. The molecule has 7 nitrogen and oxygen atoms in total. The topological polar surface area (TPSA) is 80.6 Å². The van der Waals surface area contributed by atoms with E-state index in [4.69, 9.17) is 4.74 Å². The number of likely N-dealkylation sites (N-methyl/N-ethyl adjacent to an activating group) is 1. The number of ether oxygens (including phenoxy) is 1. The van der Waals surface area contributed by atoms with Crippen LogP contribution in [0, 0.1) is 18.6 Å². The average molecular weight is 433 g/mol. The zero-order chi connectivity index (χ0) is 22.7. The maximum Gasteiger partial charge on any atom is 0.257 e. The van der Waals surface area contributed by atoms with Crippen molar-refractivity contribution >= 4 is 12.3 Å². The van der Waals surface area contributed by atoms with Gasteiger partial charge < -0.3 is 19.5 Å². The van der Waals surface area contributed by atoms with Gasteiger partial charge in [0, 0.05) is 37.0 Å². The highest BCUT2D eigenvalue weighted by atomic mass is 19.1. The van der Waals surface area contributed by atoms with Gasteiger partial charge in [-0.1, -0.05) is 6.07 Å². The van der Waals surface area contributed by atoms with E-state index in [-0.39, 0.29) is 29.5 Å². The number of amides is 2. The van der Waals surface area contributed by atoms with Gasteiger partial charge in [0.1, 0.15) is 17.2 Å². The lowest BCUT2D eigenvalue weighted by molar-refractivity contribution is -0.118. The number of methoxy groups -OCH3 is 1. The van der Waals surface area contributed by atoms with E-state index in [1.54, 1.807) is 11.8 Å². The van der Waals surface area contributed by atoms with Crippen molar-refractivity contribution in [3.63, 3.8) is 0 Å². The van der Waals surface area contributed by atoms with Crippen molar-refractivity contribution in [3.05, 3.63) is 62.6 Å². The number of carbonyl (C=O) groups is 2. The standard InChI is InChI=1S/C22H25F2N3O4/c1-4-26(12-28)11-16-7-8-18-19(20(29)21(31-3)13(2)27(16)18)22(30)25-10-14-5-6-15(23)9-17(14)24/h5-6,9,12,16H,4,7-8,10-11H2,1-3H3,(H,25,30). The Kier molecular flexibility index (Phi) is 6.72. The smallest absolute Gasteiger partial charge is 0.257 e. The predicted octanol–water partition coefficient (Wildman–Crippen LogP) is 2.34. The van der Waals surface area contributed by atoms with Crippen LogP contribution in [0.15, 0.2) is 23.0 Å². The summed E-state index contributed by atoms with van der Waals surface area (Å²) in [5, 5.41) is 2.56. The molecule has 31 heavy (non-hydrogen) atoms. The van der Waals surface area contributed by atoms with E-state index in [1.165, 1.54) is 13.2 Å². The van der Waals surface area contributed by atoms with Gasteiger partial charge in [-0.15, -0.1) is 0 Å². The Bertz CT molecular complexity index is 1070. The number of carbonyl (C=O) groups excluding carboxylic acids is 2. The fourth-order valence-corrected chi connectivity index (χ4v) is 4.11. The third-order valence-corrected chi connectivity index (χ3v) is 5.67. The third kappa shape index (κ3) is 4.30. The fraction of sp³-hybridized carbons (Fsp3) is 0.409. The van der Waals surface area contributed by atoms with E-state index in [0.29, 0.717) is 37.3 Å². The Morgan fingerprint density at radius 3 is 2.74 bits per heavy atom. The van der Waals surface area contributed by atoms with Gasteiger partial charge in [0.05, 0.1) is 18.8 Å². The number of aromatic nitrogens is 1. The summed E-state index contributed by atoms with van der Waals surface area (Å²) in [7, 11) is 1.36. The molecule has 1 N–H and O–H groups in total. The maximum absolute atomic E-state index is 13.9. The minimum absolute atomic E-state index is 0.0541. The number of rotatable bonds is 8. The molecule has 2 amide bonds. The molecular weight excluding hydrogens is 408 g/mol. The quantitative estimate of drug-likeness (QED) is 0.648. The van der Waals surface area contributed by atoms with E-state index in [1.807, 2.05) is 11.5 Å². The van der Waals surface area contributed by atoms with Crippen molar-refractivity contribution in [2.45, 2.75) is 39.3 Å². The summed E-state index contributed by atoms with van der Waals surface area (Å²) in [6.45, 7) is 4.41. The monoisotopic (exact) mass is 433 g/mol. The highest BCUT2D eigenvalue weighted by Crippen LogP contribution is 2.32. The second kappa shape index (κ2) is 9.28. The molecule has 1 atom stereocenters. The molecule has 2 heterocycles. The van der Waals surface area contributed by atoms with Crippen LogP contribution in [-0.2, 0) is 17.8 Å². The van der Waals surface area contributed by atoms with Crippen LogP contribution in [-0.4, -0.2) is 42.0 Å². The summed E-state index contributed by atoms with van der Waals surface area (Å²) < 4.78 is 34.2. The Labute approximate surface area is 178 Å². The van der Waals surface area contributed by atoms with Crippen LogP contribution in [0.1, 0.15) is 46.7 Å². The summed E-state index contributed by atoms with van der Waals surface area (Å²) in [6, 6.07) is 2.98. The van der Waals surface area contributed by atoms with Crippen LogP contribution in [0.4, 0.5) is 8.78 Å². The van der Waals surface area contributed by atoms with Crippen molar-refractivity contribution < 1.29 is 23.1 Å². The van der Waals surface area contributed by atoms with Crippen LogP contribution in [0.3, 0.4) is 0 Å². The first kappa shape index (κ1) is 22.5. The van der Waals surface area contributed by atoms with E-state index in [9.17, 15) is 23.2 Å². The van der Waals surface area contributed by atoms with Gasteiger partial charge in [0.2, 0.25) is 11.8 Å². The number of hydrogen-bond acceptors (Lipinski definition) is 4. The van der Waals surface area contributed by atoms with E-state index in [0.717, 1.165) is 18.5 Å². The summed E-state index contributed by atoms with van der Waals surface area (Å²) in [6.07, 6.45) is 1.91. The molecule has 166 valence electrons. The lowest BCUT2D eigenvalue weighted by atomic mass is 10.1. The summed E-state index contributed by atoms with van der Waals surface area (Å²) >= 11 is 0.